The average molecular weight is 382 g/mol. The number of anilines is 1. The third kappa shape index (κ3) is 5.08. The van der Waals surface area contributed by atoms with E-state index < -0.39 is 11.7 Å². The first kappa shape index (κ1) is 19.5. The van der Waals surface area contributed by atoms with E-state index in [4.69, 9.17) is 5.26 Å². The standard InChI is InChI=1S/C14H13F3N8O2/c1-19-13(21-7-18)20-6-10-11(25-27-24-10)12(23-26)22-9-4-2-3-8(5-9)14(15,16)17/h2-5,26H,6H2,1H3,(H,22,23)(H2,19,20,21). The van der Waals surface area contributed by atoms with E-state index in [1.54, 1.807) is 6.19 Å². The molecule has 0 saturated carbocycles. The summed E-state index contributed by atoms with van der Waals surface area (Å²) in [6.45, 7) is -0.0243. The first-order chi connectivity index (χ1) is 12.9. The van der Waals surface area contributed by atoms with Crippen LogP contribution in [0.1, 0.15) is 17.0 Å². The maximum absolute atomic E-state index is 12.8. The molecule has 13 heteroatoms. The number of alkyl halides is 3. The smallest absolute Gasteiger partial charge is 0.409 e. The number of nitriles is 1. The minimum atomic E-state index is -4.53. The predicted octanol–water partition coefficient (Wildman–Crippen LogP) is 1.48. The Morgan fingerprint density at radius 1 is 1.37 bits per heavy atom. The Morgan fingerprint density at radius 3 is 2.78 bits per heavy atom. The molecule has 0 saturated heterocycles. The fraction of sp³-hybridized carbons (Fsp3) is 0.214. The van der Waals surface area contributed by atoms with Crippen LogP contribution in [0.4, 0.5) is 18.9 Å². The third-order valence-corrected chi connectivity index (χ3v) is 3.16. The summed E-state index contributed by atoms with van der Waals surface area (Å²) in [5, 5.41) is 35.8. The molecule has 2 aromatic rings. The van der Waals surface area contributed by atoms with Crippen LogP contribution in [0.5, 0.6) is 0 Å². The van der Waals surface area contributed by atoms with Gasteiger partial charge in [0.15, 0.2) is 5.69 Å². The van der Waals surface area contributed by atoms with Crippen LogP contribution in [0.15, 0.2) is 39.0 Å². The van der Waals surface area contributed by atoms with E-state index in [2.05, 4.69) is 41.0 Å². The van der Waals surface area contributed by atoms with E-state index >= 15 is 0 Å². The first-order valence-corrected chi connectivity index (χ1v) is 7.25. The summed E-state index contributed by atoms with van der Waals surface area (Å²) < 4.78 is 43.0. The third-order valence-electron chi connectivity index (χ3n) is 3.16. The van der Waals surface area contributed by atoms with Gasteiger partial charge < -0.3 is 21.2 Å². The van der Waals surface area contributed by atoms with Crippen molar-refractivity contribution in [3.63, 3.8) is 0 Å². The second-order valence-electron chi connectivity index (χ2n) is 4.88. The Labute approximate surface area is 150 Å². The Hall–Kier alpha value is -3.82. The van der Waals surface area contributed by atoms with Crippen LogP contribution < -0.4 is 16.0 Å². The molecule has 0 aliphatic carbocycles. The quantitative estimate of drug-likeness (QED) is 0.205. The van der Waals surface area contributed by atoms with Crippen molar-refractivity contribution >= 4 is 17.5 Å². The summed E-state index contributed by atoms with van der Waals surface area (Å²) in [6, 6.07) is 4.29. The molecule has 0 spiro atoms. The molecule has 1 heterocycles. The van der Waals surface area contributed by atoms with Crippen molar-refractivity contribution in [2.75, 3.05) is 12.4 Å². The van der Waals surface area contributed by atoms with Crippen molar-refractivity contribution in [1.82, 2.24) is 20.9 Å². The predicted molar refractivity (Wildman–Crippen MR) is 86.6 cm³/mol. The minimum Gasteiger partial charge on any atom is -0.409 e. The summed E-state index contributed by atoms with van der Waals surface area (Å²) in [6.07, 6.45) is -2.94. The number of guanidine groups is 1. The van der Waals surface area contributed by atoms with E-state index in [0.717, 1.165) is 12.1 Å². The maximum atomic E-state index is 12.8. The van der Waals surface area contributed by atoms with E-state index in [9.17, 15) is 18.4 Å². The Balaban J connectivity index is 2.19. The monoisotopic (exact) mass is 382 g/mol. The fourth-order valence-corrected chi connectivity index (χ4v) is 1.95. The molecule has 0 aliphatic heterocycles. The summed E-state index contributed by atoms with van der Waals surface area (Å²) in [5.74, 6) is -0.143. The Kier molecular flexibility index (Phi) is 6.15. The van der Waals surface area contributed by atoms with Gasteiger partial charge in [-0.25, -0.2) is 4.63 Å². The number of nitrogens with zero attached hydrogens (tertiary/aromatic N) is 5. The molecule has 0 atom stereocenters. The molecular formula is C14H13F3N8O2. The van der Waals surface area contributed by atoms with E-state index in [1.165, 1.54) is 19.2 Å². The molecule has 0 aliphatic rings. The number of hydrogen-bond donors (Lipinski definition) is 4. The van der Waals surface area contributed by atoms with E-state index in [1.807, 2.05) is 0 Å². The molecule has 0 bridgehead atoms. The molecule has 0 radical (unpaired) electrons. The zero-order valence-corrected chi connectivity index (χ0v) is 13.7. The number of amidine groups is 1. The SMILES string of the molecule is CNC(=NC#N)NCc1nonc1C(=NO)Nc1cccc(C(F)(F)F)c1. The highest BCUT2D eigenvalue weighted by molar-refractivity contribution is 6.07. The van der Waals surface area contributed by atoms with Crippen LogP contribution >= 0.6 is 0 Å². The molecule has 1 aromatic heterocycles. The summed E-state index contributed by atoms with van der Waals surface area (Å²) in [4.78, 5) is 3.46. The van der Waals surface area contributed by atoms with Crippen LogP contribution in [0, 0.1) is 11.5 Å². The molecule has 4 N–H and O–H groups in total. The lowest BCUT2D eigenvalue weighted by Gasteiger charge is -2.11. The second kappa shape index (κ2) is 8.52. The maximum Gasteiger partial charge on any atom is 0.416 e. The number of halogens is 3. The van der Waals surface area contributed by atoms with Crippen molar-refractivity contribution in [2.45, 2.75) is 12.7 Å². The highest BCUT2D eigenvalue weighted by Crippen LogP contribution is 2.30. The number of hydrogen-bond acceptors (Lipinski definition) is 7. The van der Waals surface area contributed by atoms with E-state index in [0.29, 0.717) is 0 Å². The van der Waals surface area contributed by atoms with Crippen molar-refractivity contribution in [3.8, 4) is 6.19 Å². The van der Waals surface area contributed by atoms with Crippen molar-refractivity contribution in [3.05, 3.63) is 41.2 Å². The fourth-order valence-electron chi connectivity index (χ4n) is 1.95. The average Bonchev–Trinajstić information content (AvgIpc) is 3.11. The topological polar surface area (TPSA) is 144 Å². The van der Waals surface area contributed by atoms with Gasteiger partial charge >= 0.3 is 6.18 Å². The van der Waals surface area contributed by atoms with Gasteiger partial charge in [-0.05, 0) is 23.4 Å². The largest absolute Gasteiger partial charge is 0.416 e. The normalized spacial score (nSPS) is 12.4. The van der Waals surface area contributed by atoms with Crippen LogP contribution in [-0.4, -0.2) is 34.4 Å². The Morgan fingerprint density at radius 2 is 2.15 bits per heavy atom. The highest BCUT2D eigenvalue weighted by atomic mass is 19.4. The lowest BCUT2D eigenvalue weighted by molar-refractivity contribution is -0.137. The number of aliphatic imine (C=N–C) groups is 1. The summed E-state index contributed by atoms with van der Waals surface area (Å²) >= 11 is 0. The van der Waals surface area contributed by atoms with Gasteiger partial charge in [0.2, 0.25) is 18.0 Å². The van der Waals surface area contributed by atoms with Gasteiger partial charge in [0.1, 0.15) is 5.69 Å². The molecule has 142 valence electrons. The molecule has 27 heavy (non-hydrogen) atoms. The number of nitrogens with one attached hydrogen (secondary N) is 3. The molecule has 0 fully saturated rings. The molecule has 1 aromatic carbocycles. The minimum absolute atomic E-state index is 0.0153. The van der Waals surface area contributed by atoms with Crippen LogP contribution in [0.2, 0.25) is 0 Å². The number of benzene rings is 1. The zero-order valence-electron chi connectivity index (χ0n) is 13.7. The zero-order chi connectivity index (χ0) is 19.9. The van der Waals surface area contributed by atoms with Gasteiger partial charge in [0.25, 0.3) is 0 Å². The van der Waals surface area contributed by atoms with Gasteiger partial charge in [-0.15, -0.1) is 4.99 Å². The summed E-state index contributed by atoms with van der Waals surface area (Å²) in [7, 11) is 1.53. The first-order valence-electron chi connectivity index (χ1n) is 7.25. The summed E-state index contributed by atoms with van der Waals surface area (Å²) in [5.41, 5.74) is -0.754. The van der Waals surface area contributed by atoms with Gasteiger partial charge in [-0.2, -0.15) is 18.4 Å². The lowest BCUT2D eigenvalue weighted by atomic mass is 10.2. The molecule has 2 rings (SSSR count). The number of rotatable bonds is 4. The highest BCUT2D eigenvalue weighted by Gasteiger charge is 2.30. The number of oxime groups is 1. The van der Waals surface area contributed by atoms with Gasteiger partial charge in [0, 0.05) is 12.7 Å². The van der Waals surface area contributed by atoms with Crippen molar-refractivity contribution < 1.29 is 23.0 Å². The van der Waals surface area contributed by atoms with Crippen LogP contribution in [0.3, 0.4) is 0 Å². The second-order valence-corrected chi connectivity index (χ2v) is 4.88. The molecule has 10 nitrogen and oxygen atoms in total. The van der Waals surface area contributed by atoms with Gasteiger partial charge in [-0.1, -0.05) is 16.4 Å². The molecule has 0 unspecified atom stereocenters. The van der Waals surface area contributed by atoms with Crippen molar-refractivity contribution in [1.29, 1.82) is 5.26 Å². The van der Waals surface area contributed by atoms with Gasteiger partial charge in [0.05, 0.1) is 12.1 Å². The molecule has 0 amide bonds. The lowest BCUT2D eigenvalue weighted by Crippen LogP contribution is -2.34. The van der Waals surface area contributed by atoms with E-state index in [-0.39, 0.29) is 35.4 Å². The van der Waals surface area contributed by atoms with Gasteiger partial charge in [-0.3, -0.25) is 0 Å². The number of aromatic nitrogens is 2. The molecular weight excluding hydrogens is 369 g/mol. The van der Waals surface area contributed by atoms with Crippen LogP contribution in [0.25, 0.3) is 0 Å². The van der Waals surface area contributed by atoms with Crippen molar-refractivity contribution in [2.24, 2.45) is 10.1 Å². The Bertz CT molecular complexity index is 885. The van der Waals surface area contributed by atoms with Crippen LogP contribution in [-0.2, 0) is 12.7 Å².